The summed E-state index contributed by atoms with van der Waals surface area (Å²) in [6, 6.07) is 2.41. The number of amides is 1. The first-order valence-electron chi connectivity index (χ1n) is 4.89. The zero-order valence-corrected chi connectivity index (χ0v) is 9.34. The van der Waals surface area contributed by atoms with Gasteiger partial charge in [0.2, 0.25) is 0 Å². The van der Waals surface area contributed by atoms with Gasteiger partial charge in [-0.2, -0.15) is 8.78 Å². The summed E-state index contributed by atoms with van der Waals surface area (Å²) in [5.74, 6) is -6.82. The average molecular weight is 247 g/mol. The fourth-order valence-corrected chi connectivity index (χ4v) is 1.24. The maximum Gasteiger partial charge on any atom is 0.353 e. The lowest BCUT2D eigenvalue weighted by Gasteiger charge is -2.19. The number of rotatable bonds is 4. The molecule has 0 radical (unpaired) electrons. The predicted molar refractivity (Wildman–Crippen MR) is 55.3 cm³/mol. The van der Waals surface area contributed by atoms with Crippen molar-refractivity contribution >= 4 is 5.91 Å². The number of primary amides is 1. The summed E-state index contributed by atoms with van der Waals surface area (Å²) in [5.41, 5.74) is 3.87. The molecule has 6 heteroatoms. The van der Waals surface area contributed by atoms with E-state index in [1.807, 2.05) is 0 Å². The van der Waals surface area contributed by atoms with Crippen LogP contribution in [0.3, 0.4) is 0 Å². The van der Waals surface area contributed by atoms with E-state index in [1.165, 1.54) is 0 Å². The van der Waals surface area contributed by atoms with Crippen LogP contribution in [0, 0.1) is 5.82 Å². The van der Waals surface area contributed by atoms with Crippen molar-refractivity contribution in [3.05, 3.63) is 29.6 Å². The molecule has 3 nitrogen and oxygen atoms in total. The first-order valence-corrected chi connectivity index (χ1v) is 4.89. The fraction of sp³-hybridized carbons (Fsp3) is 0.364. The second kappa shape index (κ2) is 4.65. The van der Waals surface area contributed by atoms with Crippen molar-refractivity contribution in [1.29, 1.82) is 0 Å². The van der Waals surface area contributed by atoms with Crippen molar-refractivity contribution < 1.29 is 22.7 Å². The smallest absolute Gasteiger partial charge is 0.353 e. The molecule has 0 saturated carbocycles. The summed E-state index contributed by atoms with van der Waals surface area (Å²) in [4.78, 5) is 10.7. The summed E-state index contributed by atoms with van der Waals surface area (Å²) in [6.45, 7) is 3.19. The molecule has 0 bridgehead atoms. The van der Waals surface area contributed by atoms with Gasteiger partial charge in [-0.15, -0.1) is 0 Å². The zero-order valence-electron chi connectivity index (χ0n) is 9.34. The van der Waals surface area contributed by atoms with E-state index < -0.39 is 29.3 Å². The van der Waals surface area contributed by atoms with Crippen LogP contribution in [-0.2, 0) is 10.7 Å². The number of hydrogen-bond donors (Lipinski definition) is 1. The van der Waals surface area contributed by atoms with Crippen LogP contribution in [0.15, 0.2) is 18.2 Å². The summed E-state index contributed by atoms with van der Waals surface area (Å²) in [7, 11) is 0. The summed E-state index contributed by atoms with van der Waals surface area (Å²) >= 11 is 0. The van der Waals surface area contributed by atoms with Crippen molar-refractivity contribution in [2.45, 2.75) is 25.9 Å². The van der Waals surface area contributed by atoms with Crippen LogP contribution in [0.4, 0.5) is 13.2 Å². The van der Waals surface area contributed by atoms with E-state index in [0.717, 1.165) is 18.2 Å². The molecule has 2 N–H and O–H groups in total. The molecule has 0 saturated heterocycles. The molecule has 1 aromatic carbocycles. The number of nitrogens with two attached hydrogens (primary N) is 1. The number of benzene rings is 1. The van der Waals surface area contributed by atoms with Crippen LogP contribution in [0.2, 0.25) is 0 Å². The lowest BCUT2D eigenvalue weighted by Crippen LogP contribution is -2.33. The van der Waals surface area contributed by atoms with Crippen molar-refractivity contribution in [2.24, 2.45) is 5.73 Å². The van der Waals surface area contributed by atoms with Gasteiger partial charge in [0.15, 0.2) is 0 Å². The van der Waals surface area contributed by atoms with Crippen LogP contribution in [0.1, 0.15) is 19.4 Å². The summed E-state index contributed by atoms with van der Waals surface area (Å²) in [6.07, 6.45) is -0.431. The summed E-state index contributed by atoms with van der Waals surface area (Å²) < 4.78 is 44.9. The second-order valence-electron chi connectivity index (χ2n) is 3.75. The monoisotopic (exact) mass is 247 g/mol. The van der Waals surface area contributed by atoms with Crippen molar-refractivity contribution in [3.8, 4) is 5.75 Å². The minimum Gasteiger partial charge on any atom is -0.490 e. The maximum atomic E-state index is 13.4. The van der Waals surface area contributed by atoms with E-state index in [9.17, 15) is 18.0 Å². The van der Waals surface area contributed by atoms with Gasteiger partial charge < -0.3 is 10.5 Å². The maximum absolute atomic E-state index is 13.4. The van der Waals surface area contributed by atoms with Gasteiger partial charge in [-0.3, -0.25) is 4.79 Å². The average Bonchev–Trinajstić information content (AvgIpc) is 2.15. The third-order valence-corrected chi connectivity index (χ3v) is 1.95. The molecule has 0 unspecified atom stereocenters. The fourth-order valence-electron chi connectivity index (χ4n) is 1.24. The van der Waals surface area contributed by atoms with E-state index in [0.29, 0.717) is 0 Å². The molecule has 17 heavy (non-hydrogen) atoms. The SMILES string of the molecule is CC(C)Oc1cc(F)ccc1C(F)(F)C(N)=O. The van der Waals surface area contributed by atoms with Crippen LogP contribution < -0.4 is 10.5 Å². The van der Waals surface area contributed by atoms with Gasteiger partial charge in [0, 0.05) is 6.07 Å². The lowest BCUT2D eigenvalue weighted by atomic mass is 10.1. The highest BCUT2D eigenvalue weighted by Gasteiger charge is 2.41. The second-order valence-corrected chi connectivity index (χ2v) is 3.75. The number of carbonyl (C=O) groups excluding carboxylic acids is 1. The Morgan fingerprint density at radius 2 is 2.00 bits per heavy atom. The minimum atomic E-state index is -3.89. The molecule has 1 rings (SSSR count). The Bertz CT molecular complexity index is 433. The Morgan fingerprint density at radius 1 is 1.41 bits per heavy atom. The van der Waals surface area contributed by atoms with E-state index in [2.05, 4.69) is 5.73 Å². The lowest BCUT2D eigenvalue weighted by molar-refractivity contribution is -0.143. The van der Waals surface area contributed by atoms with Crippen molar-refractivity contribution in [3.63, 3.8) is 0 Å². The molecule has 1 amide bonds. The third-order valence-electron chi connectivity index (χ3n) is 1.95. The van der Waals surface area contributed by atoms with Gasteiger partial charge in [0.25, 0.3) is 5.91 Å². The van der Waals surface area contributed by atoms with Crippen LogP contribution in [0.25, 0.3) is 0 Å². The molecule has 0 aliphatic carbocycles. The van der Waals surface area contributed by atoms with Crippen LogP contribution in [0.5, 0.6) is 5.75 Å². The molecule has 0 aromatic heterocycles. The first-order chi connectivity index (χ1) is 7.75. The topological polar surface area (TPSA) is 52.3 Å². The van der Waals surface area contributed by atoms with Gasteiger partial charge in [0.05, 0.1) is 11.7 Å². The predicted octanol–water partition coefficient (Wildman–Crippen LogP) is 2.19. The molecule has 0 aliphatic rings. The number of ether oxygens (including phenoxy) is 1. The van der Waals surface area contributed by atoms with Gasteiger partial charge in [-0.05, 0) is 26.0 Å². The molecular formula is C11H12F3NO2. The largest absolute Gasteiger partial charge is 0.490 e. The highest BCUT2D eigenvalue weighted by Crippen LogP contribution is 2.35. The molecule has 0 heterocycles. The highest BCUT2D eigenvalue weighted by atomic mass is 19.3. The Kier molecular flexibility index (Phi) is 3.65. The molecular weight excluding hydrogens is 235 g/mol. The molecule has 0 spiro atoms. The highest BCUT2D eigenvalue weighted by molar-refractivity contribution is 5.83. The standard InChI is InChI=1S/C11H12F3NO2/c1-6(2)17-9-5-7(12)3-4-8(9)11(13,14)10(15)16/h3-6H,1-2H3,(H2,15,16). The van der Waals surface area contributed by atoms with E-state index >= 15 is 0 Å². The molecule has 0 atom stereocenters. The molecule has 1 aromatic rings. The number of hydrogen-bond acceptors (Lipinski definition) is 2. The normalized spacial score (nSPS) is 11.6. The summed E-state index contributed by atoms with van der Waals surface area (Å²) in [5, 5.41) is 0. The van der Waals surface area contributed by atoms with E-state index in [1.54, 1.807) is 13.8 Å². The molecule has 0 aliphatic heterocycles. The Balaban J connectivity index is 3.27. The van der Waals surface area contributed by atoms with Crippen molar-refractivity contribution in [1.82, 2.24) is 0 Å². The van der Waals surface area contributed by atoms with E-state index in [4.69, 9.17) is 4.74 Å². The molecule has 0 fully saturated rings. The third kappa shape index (κ3) is 2.89. The number of halogens is 3. The number of alkyl halides is 2. The molecule has 94 valence electrons. The minimum absolute atomic E-state index is 0.385. The quantitative estimate of drug-likeness (QED) is 0.886. The van der Waals surface area contributed by atoms with Crippen molar-refractivity contribution in [2.75, 3.05) is 0 Å². The Labute approximate surface area is 96.4 Å². The van der Waals surface area contributed by atoms with Gasteiger partial charge in [-0.25, -0.2) is 4.39 Å². The number of carbonyl (C=O) groups is 1. The zero-order chi connectivity index (χ0) is 13.2. The first kappa shape index (κ1) is 13.3. The van der Waals surface area contributed by atoms with Gasteiger partial charge >= 0.3 is 5.92 Å². The van der Waals surface area contributed by atoms with Crippen LogP contribution >= 0.6 is 0 Å². The Hall–Kier alpha value is -1.72. The Morgan fingerprint density at radius 3 is 2.47 bits per heavy atom. The van der Waals surface area contributed by atoms with E-state index in [-0.39, 0.29) is 5.75 Å². The van der Waals surface area contributed by atoms with Gasteiger partial charge in [0.1, 0.15) is 11.6 Å². The van der Waals surface area contributed by atoms with Crippen LogP contribution in [-0.4, -0.2) is 12.0 Å². The van der Waals surface area contributed by atoms with Gasteiger partial charge in [-0.1, -0.05) is 0 Å².